The number of aromatic nitrogens is 1. The number of nitrogens with one attached hydrogen (secondary N) is 1. The van der Waals surface area contributed by atoms with Crippen molar-refractivity contribution >= 4 is 20.9 Å². The van der Waals surface area contributed by atoms with Gasteiger partial charge < -0.3 is 4.74 Å². The van der Waals surface area contributed by atoms with Gasteiger partial charge in [0, 0.05) is 24.2 Å². The molecule has 1 N–H and O–H groups in total. The minimum atomic E-state index is -3.76. The predicted molar refractivity (Wildman–Crippen MR) is 134 cm³/mol. The van der Waals surface area contributed by atoms with Gasteiger partial charge >= 0.3 is 0 Å². The van der Waals surface area contributed by atoms with Crippen molar-refractivity contribution in [2.24, 2.45) is 11.8 Å². The Balaban J connectivity index is 1.62. The quantitative estimate of drug-likeness (QED) is 0.509. The first kappa shape index (κ1) is 23.0. The normalized spacial score (nSPS) is 25.2. The maximum absolute atomic E-state index is 13.7. The van der Waals surface area contributed by atoms with Gasteiger partial charge in [0.05, 0.1) is 23.6 Å². The van der Waals surface area contributed by atoms with Gasteiger partial charge in [-0.2, -0.15) is 0 Å². The molecule has 0 amide bonds. The summed E-state index contributed by atoms with van der Waals surface area (Å²) in [6.07, 6.45) is 5.87. The Hall–Kier alpha value is -2.74. The Kier molecular flexibility index (Phi) is 6.18. The first-order valence-corrected chi connectivity index (χ1v) is 13.3. The third-order valence-electron chi connectivity index (χ3n) is 7.52. The molecule has 2 aromatic carbocycles. The van der Waals surface area contributed by atoms with E-state index in [0.29, 0.717) is 16.7 Å². The summed E-state index contributed by atoms with van der Waals surface area (Å²) in [5.41, 5.74) is 2.47. The second kappa shape index (κ2) is 9.13. The number of hydrogen-bond acceptors (Lipinski definition) is 5. The Morgan fingerprint density at radius 3 is 2.76 bits per heavy atom. The molecule has 3 unspecified atom stereocenters. The summed E-state index contributed by atoms with van der Waals surface area (Å²) in [7, 11) is -2.12. The SMILES string of the molecule is C=CC1CN2CCC1C[C@H]2[C@@H](NS(=O)(=O)c1ccccc1C)c1ccnc2ccc(OC)cc12. The highest BCUT2D eigenvalue weighted by molar-refractivity contribution is 7.89. The average molecular weight is 478 g/mol. The van der Waals surface area contributed by atoms with Gasteiger partial charge in [0.1, 0.15) is 5.75 Å². The van der Waals surface area contributed by atoms with E-state index in [1.165, 1.54) is 0 Å². The number of aryl methyl sites for hydroxylation is 1. The fraction of sp³-hybridized carbons (Fsp3) is 0.370. The second-order valence-corrected chi connectivity index (χ2v) is 11.1. The summed E-state index contributed by atoms with van der Waals surface area (Å²) in [4.78, 5) is 7.28. The summed E-state index contributed by atoms with van der Waals surface area (Å²) in [6, 6.07) is 14.5. The molecule has 3 aromatic rings. The average Bonchev–Trinajstić information content (AvgIpc) is 2.87. The van der Waals surface area contributed by atoms with Crippen LogP contribution in [0.15, 0.2) is 72.3 Å². The van der Waals surface area contributed by atoms with Gasteiger partial charge in [-0.3, -0.25) is 9.88 Å². The molecule has 0 aliphatic carbocycles. The highest BCUT2D eigenvalue weighted by Crippen LogP contribution is 2.43. The molecule has 3 fully saturated rings. The van der Waals surface area contributed by atoms with E-state index in [2.05, 4.69) is 27.3 Å². The highest BCUT2D eigenvalue weighted by Gasteiger charge is 2.44. The predicted octanol–water partition coefficient (Wildman–Crippen LogP) is 4.47. The number of benzene rings is 2. The molecular formula is C27H31N3O3S. The standard InChI is InChI=1S/C27H31N3O3S/c1-4-19-17-30-14-12-20(19)15-25(30)27(29-34(31,32)26-8-6-5-7-18(26)2)22-11-13-28-24-10-9-21(33-3)16-23(22)24/h4-11,13,16,19-20,25,27,29H,1,12,14-15,17H2,2-3H3/t19?,20?,25-,27-/m0/s1. The van der Waals surface area contributed by atoms with Crippen LogP contribution in [0.1, 0.15) is 30.0 Å². The van der Waals surface area contributed by atoms with Crippen molar-refractivity contribution in [2.75, 3.05) is 20.2 Å². The van der Waals surface area contributed by atoms with E-state index < -0.39 is 16.1 Å². The first-order chi connectivity index (χ1) is 16.4. The molecule has 7 heteroatoms. The minimum absolute atomic E-state index is 0.0468. The fourth-order valence-electron chi connectivity index (χ4n) is 5.71. The molecule has 178 valence electrons. The molecule has 34 heavy (non-hydrogen) atoms. The molecule has 6 rings (SSSR count). The van der Waals surface area contributed by atoms with Crippen molar-refractivity contribution in [3.8, 4) is 5.75 Å². The smallest absolute Gasteiger partial charge is 0.241 e. The molecular weight excluding hydrogens is 446 g/mol. The number of rotatable bonds is 7. The number of sulfonamides is 1. The van der Waals surface area contributed by atoms with Crippen LogP contribution >= 0.6 is 0 Å². The zero-order chi connectivity index (χ0) is 23.9. The number of hydrogen-bond donors (Lipinski definition) is 1. The van der Waals surface area contributed by atoms with Crippen LogP contribution in [-0.2, 0) is 10.0 Å². The van der Waals surface area contributed by atoms with Crippen molar-refractivity contribution in [3.05, 3.63) is 78.5 Å². The minimum Gasteiger partial charge on any atom is -0.497 e. The topological polar surface area (TPSA) is 71.5 Å². The largest absolute Gasteiger partial charge is 0.497 e. The van der Waals surface area contributed by atoms with Crippen LogP contribution in [-0.4, -0.2) is 44.5 Å². The van der Waals surface area contributed by atoms with Gasteiger partial charge in [-0.05, 0) is 79.6 Å². The van der Waals surface area contributed by atoms with Crippen LogP contribution in [0.2, 0.25) is 0 Å². The summed E-state index contributed by atoms with van der Waals surface area (Å²) < 4.78 is 36.0. The van der Waals surface area contributed by atoms with Gasteiger partial charge in [-0.1, -0.05) is 24.3 Å². The van der Waals surface area contributed by atoms with Crippen molar-refractivity contribution in [2.45, 2.75) is 36.7 Å². The fourth-order valence-corrected chi connectivity index (χ4v) is 7.20. The molecule has 4 heterocycles. The van der Waals surface area contributed by atoms with Gasteiger partial charge in [-0.25, -0.2) is 13.1 Å². The Morgan fingerprint density at radius 2 is 2.06 bits per heavy atom. The van der Waals surface area contributed by atoms with Crippen molar-refractivity contribution in [1.82, 2.24) is 14.6 Å². The molecule has 3 aliphatic rings. The lowest BCUT2D eigenvalue weighted by Gasteiger charge is -2.51. The van der Waals surface area contributed by atoms with E-state index in [4.69, 9.17) is 4.74 Å². The van der Waals surface area contributed by atoms with Crippen molar-refractivity contribution in [1.29, 1.82) is 0 Å². The van der Waals surface area contributed by atoms with Crippen LogP contribution in [0.3, 0.4) is 0 Å². The van der Waals surface area contributed by atoms with E-state index in [-0.39, 0.29) is 6.04 Å². The number of nitrogens with zero attached hydrogens (tertiary/aromatic N) is 2. The van der Waals surface area contributed by atoms with Crippen LogP contribution in [0.25, 0.3) is 10.9 Å². The lowest BCUT2D eigenvalue weighted by molar-refractivity contribution is 0.00490. The number of methoxy groups -OCH3 is 1. The van der Waals surface area contributed by atoms with E-state index in [9.17, 15) is 8.42 Å². The molecule has 0 radical (unpaired) electrons. The van der Waals surface area contributed by atoms with E-state index >= 15 is 0 Å². The number of fused-ring (bicyclic) bond motifs is 4. The molecule has 0 saturated carbocycles. The van der Waals surface area contributed by atoms with Gasteiger partial charge in [0.2, 0.25) is 10.0 Å². The van der Waals surface area contributed by atoms with E-state index in [1.54, 1.807) is 25.4 Å². The molecule has 3 aliphatic heterocycles. The lowest BCUT2D eigenvalue weighted by Crippen LogP contribution is -2.57. The third kappa shape index (κ3) is 4.13. The summed E-state index contributed by atoms with van der Waals surface area (Å²) in [5, 5.41) is 0.905. The third-order valence-corrected chi connectivity index (χ3v) is 9.12. The number of piperidine rings is 3. The Morgan fingerprint density at radius 1 is 1.24 bits per heavy atom. The number of ether oxygens (including phenoxy) is 1. The van der Waals surface area contributed by atoms with E-state index in [0.717, 1.165) is 53.7 Å². The van der Waals surface area contributed by atoms with Crippen LogP contribution in [0, 0.1) is 18.8 Å². The maximum atomic E-state index is 13.7. The highest BCUT2D eigenvalue weighted by atomic mass is 32.2. The monoisotopic (exact) mass is 477 g/mol. The van der Waals surface area contributed by atoms with Crippen LogP contribution < -0.4 is 9.46 Å². The second-order valence-electron chi connectivity index (χ2n) is 9.39. The summed E-state index contributed by atoms with van der Waals surface area (Å²) >= 11 is 0. The van der Waals surface area contributed by atoms with Gasteiger partial charge in [0.25, 0.3) is 0 Å². The maximum Gasteiger partial charge on any atom is 0.241 e. The Labute approximate surface area is 201 Å². The van der Waals surface area contributed by atoms with Crippen LogP contribution in [0.4, 0.5) is 0 Å². The van der Waals surface area contributed by atoms with Crippen molar-refractivity contribution < 1.29 is 13.2 Å². The van der Waals surface area contributed by atoms with Gasteiger partial charge in [0.15, 0.2) is 0 Å². The van der Waals surface area contributed by atoms with Crippen molar-refractivity contribution in [3.63, 3.8) is 0 Å². The molecule has 1 aromatic heterocycles. The van der Waals surface area contributed by atoms with Crippen LogP contribution in [0.5, 0.6) is 5.75 Å². The summed E-state index contributed by atoms with van der Waals surface area (Å²) in [5.74, 6) is 1.69. The number of pyridine rings is 1. The van der Waals surface area contributed by atoms with Gasteiger partial charge in [-0.15, -0.1) is 6.58 Å². The zero-order valence-electron chi connectivity index (χ0n) is 19.6. The Bertz CT molecular complexity index is 1320. The molecule has 5 atom stereocenters. The molecule has 6 nitrogen and oxygen atoms in total. The van der Waals surface area contributed by atoms with E-state index in [1.807, 2.05) is 43.3 Å². The lowest BCUT2D eigenvalue weighted by atomic mass is 9.73. The summed E-state index contributed by atoms with van der Waals surface area (Å²) in [6.45, 7) is 7.75. The molecule has 2 bridgehead atoms. The first-order valence-electron chi connectivity index (χ1n) is 11.8. The zero-order valence-corrected chi connectivity index (χ0v) is 20.5. The molecule has 0 spiro atoms. The molecule has 3 saturated heterocycles.